The summed E-state index contributed by atoms with van der Waals surface area (Å²) in [7, 11) is 0. The fourth-order valence-electron chi connectivity index (χ4n) is 1.24. The van der Waals surface area contributed by atoms with Gasteiger partial charge in [0.1, 0.15) is 0 Å². The monoisotopic (exact) mass is 215 g/mol. The van der Waals surface area contributed by atoms with Crippen LogP contribution in [0.4, 0.5) is 0 Å². The van der Waals surface area contributed by atoms with Crippen molar-refractivity contribution in [3.05, 3.63) is 47.2 Å². The Morgan fingerprint density at radius 3 is 2.60 bits per heavy atom. The van der Waals surface area contributed by atoms with Gasteiger partial charge in [-0.05, 0) is 24.3 Å². The number of aromatic nitrogens is 2. The topological polar surface area (TPSA) is 49.6 Å². The third-order valence-electron chi connectivity index (χ3n) is 1.91. The van der Waals surface area contributed by atoms with E-state index in [0.717, 1.165) is 0 Å². The number of nitriles is 1. The molecule has 4 heteroatoms. The SMILES string of the molecule is N#Cc1cc(Cl)ccc1-c1ncccn1. The molecule has 0 amide bonds. The largest absolute Gasteiger partial charge is 0.237 e. The normalized spacial score (nSPS) is 9.60. The van der Waals surface area contributed by atoms with Crippen LogP contribution >= 0.6 is 11.6 Å². The highest BCUT2D eigenvalue weighted by atomic mass is 35.5. The summed E-state index contributed by atoms with van der Waals surface area (Å²) < 4.78 is 0. The average Bonchev–Trinajstić information content (AvgIpc) is 2.30. The molecule has 0 atom stereocenters. The van der Waals surface area contributed by atoms with E-state index >= 15 is 0 Å². The lowest BCUT2D eigenvalue weighted by atomic mass is 10.1. The van der Waals surface area contributed by atoms with Gasteiger partial charge in [0.2, 0.25) is 0 Å². The molecule has 0 saturated heterocycles. The Kier molecular flexibility index (Phi) is 2.61. The second kappa shape index (κ2) is 4.07. The molecular formula is C11H6ClN3. The highest BCUT2D eigenvalue weighted by Gasteiger charge is 2.06. The van der Waals surface area contributed by atoms with E-state index in [0.29, 0.717) is 22.0 Å². The van der Waals surface area contributed by atoms with Gasteiger partial charge in [-0.15, -0.1) is 0 Å². The van der Waals surface area contributed by atoms with Crippen molar-refractivity contribution in [2.24, 2.45) is 0 Å². The van der Waals surface area contributed by atoms with Gasteiger partial charge in [0, 0.05) is 23.0 Å². The van der Waals surface area contributed by atoms with Gasteiger partial charge in [0.25, 0.3) is 0 Å². The summed E-state index contributed by atoms with van der Waals surface area (Å²) in [6, 6.07) is 8.87. The van der Waals surface area contributed by atoms with E-state index in [-0.39, 0.29) is 0 Å². The number of nitrogens with zero attached hydrogens (tertiary/aromatic N) is 3. The summed E-state index contributed by atoms with van der Waals surface area (Å²) in [5.41, 5.74) is 1.18. The van der Waals surface area contributed by atoms with Crippen molar-refractivity contribution < 1.29 is 0 Å². The van der Waals surface area contributed by atoms with Crippen LogP contribution in [0.3, 0.4) is 0 Å². The first kappa shape index (κ1) is 9.63. The molecule has 0 bridgehead atoms. The second-order valence-electron chi connectivity index (χ2n) is 2.87. The Morgan fingerprint density at radius 1 is 1.20 bits per heavy atom. The van der Waals surface area contributed by atoms with E-state index in [2.05, 4.69) is 16.0 Å². The summed E-state index contributed by atoms with van der Waals surface area (Å²) >= 11 is 5.79. The highest BCUT2D eigenvalue weighted by Crippen LogP contribution is 2.22. The molecule has 0 N–H and O–H groups in total. The van der Waals surface area contributed by atoms with Crippen molar-refractivity contribution >= 4 is 11.6 Å². The van der Waals surface area contributed by atoms with Crippen LogP contribution in [0.5, 0.6) is 0 Å². The molecular weight excluding hydrogens is 210 g/mol. The van der Waals surface area contributed by atoms with Gasteiger partial charge in [-0.1, -0.05) is 11.6 Å². The van der Waals surface area contributed by atoms with E-state index in [1.165, 1.54) is 0 Å². The zero-order valence-electron chi connectivity index (χ0n) is 7.68. The van der Waals surface area contributed by atoms with Crippen LogP contribution in [-0.2, 0) is 0 Å². The van der Waals surface area contributed by atoms with Gasteiger partial charge >= 0.3 is 0 Å². The molecule has 1 aromatic heterocycles. The van der Waals surface area contributed by atoms with E-state index in [1.54, 1.807) is 36.7 Å². The van der Waals surface area contributed by atoms with Gasteiger partial charge in [-0.25, -0.2) is 9.97 Å². The van der Waals surface area contributed by atoms with Gasteiger partial charge in [0.05, 0.1) is 11.6 Å². The molecule has 0 aliphatic carbocycles. The molecule has 0 unspecified atom stereocenters. The quantitative estimate of drug-likeness (QED) is 0.735. The minimum Gasteiger partial charge on any atom is -0.237 e. The predicted molar refractivity (Wildman–Crippen MR) is 57.2 cm³/mol. The van der Waals surface area contributed by atoms with Crippen molar-refractivity contribution in [1.29, 1.82) is 5.26 Å². The smallest absolute Gasteiger partial charge is 0.160 e. The molecule has 0 saturated carbocycles. The predicted octanol–water partition coefficient (Wildman–Crippen LogP) is 2.67. The standard InChI is InChI=1S/C11H6ClN3/c12-9-2-3-10(8(6-9)7-13)11-14-4-1-5-15-11/h1-6H. The number of benzene rings is 1. The van der Waals surface area contributed by atoms with Crippen molar-refractivity contribution in [2.45, 2.75) is 0 Å². The van der Waals surface area contributed by atoms with Crippen molar-refractivity contribution in [3.8, 4) is 17.5 Å². The molecule has 15 heavy (non-hydrogen) atoms. The van der Waals surface area contributed by atoms with E-state index in [1.807, 2.05) is 0 Å². The van der Waals surface area contributed by atoms with E-state index < -0.39 is 0 Å². The number of halogens is 1. The number of rotatable bonds is 1. The Bertz CT molecular complexity index is 517. The third kappa shape index (κ3) is 1.95. The Balaban J connectivity index is 2.60. The first-order valence-corrected chi connectivity index (χ1v) is 4.66. The number of hydrogen-bond donors (Lipinski definition) is 0. The lowest BCUT2D eigenvalue weighted by Gasteiger charge is -2.01. The maximum Gasteiger partial charge on any atom is 0.160 e. The zero-order chi connectivity index (χ0) is 10.7. The first-order chi connectivity index (χ1) is 7.31. The molecule has 0 spiro atoms. The van der Waals surface area contributed by atoms with Crippen molar-refractivity contribution in [1.82, 2.24) is 9.97 Å². The van der Waals surface area contributed by atoms with Crippen LogP contribution in [-0.4, -0.2) is 9.97 Å². The molecule has 2 rings (SSSR count). The summed E-state index contributed by atoms with van der Waals surface area (Å²) in [5.74, 6) is 0.533. The first-order valence-electron chi connectivity index (χ1n) is 4.28. The van der Waals surface area contributed by atoms with Gasteiger partial charge < -0.3 is 0 Å². The van der Waals surface area contributed by atoms with E-state index in [9.17, 15) is 0 Å². The van der Waals surface area contributed by atoms with Crippen LogP contribution in [0.1, 0.15) is 5.56 Å². The molecule has 0 fully saturated rings. The molecule has 0 aliphatic rings. The molecule has 1 aromatic carbocycles. The molecule has 2 aromatic rings. The minimum absolute atomic E-state index is 0.480. The van der Waals surface area contributed by atoms with Gasteiger partial charge in [0.15, 0.2) is 5.82 Å². The Morgan fingerprint density at radius 2 is 1.93 bits per heavy atom. The summed E-state index contributed by atoms with van der Waals surface area (Å²) in [6.07, 6.45) is 3.27. The zero-order valence-corrected chi connectivity index (χ0v) is 8.44. The summed E-state index contributed by atoms with van der Waals surface area (Å²) in [5, 5.41) is 9.47. The minimum atomic E-state index is 0.480. The van der Waals surface area contributed by atoms with Crippen LogP contribution in [0, 0.1) is 11.3 Å². The highest BCUT2D eigenvalue weighted by molar-refractivity contribution is 6.30. The van der Waals surface area contributed by atoms with Crippen molar-refractivity contribution in [3.63, 3.8) is 0 Å². The van der Waals surface area contributed by atoms with Crippen LogP contribution in [0.25, 0.3) is 11.4 Å². The second-order valence-corrected chi connectivity index (χ2v) is 3.31. The average molecular weight is 216 g/mol. The van der Waals surface area contributed by atoms with Crippen LogP contribution in [0.15, 0.2) is 36.7 Å². The fraction of sp³-hybridized carbons (Fsp3) is 0. The van der Waals surface area contributed by atoms with E-state index in [4.69, 9.17) is 16.9 Å². The number of hydrogen-bond acceptors (Lipinski definition) is 3. The molecule has 0 aliphatic heterocycles. The van der Waals surface area contributed by atoms with Gasteiger partial charge in [-0.2, -0.15) is 5.26 Å². The lowest BCUT2D eigenvalue weighted by molar-refractivity contribution is 1.17. The van der Waals surface area contributed by atoms with Crippen LogP contribution < -0.4 is 0 Å². The van der Waals surface area contributed by atoms with Gasteiger partial charge in [-0.3, -0.25) is 0 Å². The summed E-state index contributed by atoms with van der Waals surface area (Å²) in [6.45, 7) is 0. The van der Waals surface area contributed by atoms with Crippen molar-refractivity contribution in [2.75, 3.05) is 0 Å². The fourth-order valence-corrected chi connectivity index (χ4v) is 1.41. The maximum atomic E-state index is 8.94. The Labute approximate surface area is 92.0 Å². The third-order valence-corrected chi connectivity index (χ3v) is 2.14. The molecule has 1 heterocycles. The summed E-state index contributed by atoms with van der Waals surface area (Å²) in [4.78, 5) is 8.16. The molecule has 72 valence electrons. The maximum absolute atomic E-state index is 8.94. The molecule has 0 radical (unpaired) electrons. The van der Waals surface area contributed by atoms with Crippen LogP contribution in [0.2, 0.25) is 5.02 Å². The molecule has 3 nitrogen and oxygen atoms in total. The Hall–Kier alpha value is -1.92. The lowest BCUT2D eigenvalue weighted by Crippen LogP contribution is -1.90.